The Kier molecular flexibility index (Phi) is 6.83. The molecule has 0 fully saturated rings. The van der Waals surface area contributed by atoms with E-state index >= 15 is 0 Å². The molecule has 0 radical (unpaired) electrons. The highest BCUT2D eigenvalue weighted by molar-refractivity contribution is 5.48. The summed E-state index contributed by atoms with van der Waals surface area (Å²) in [5.74, 6) is 2.06. The van der Waals surface area contributed by atoms with Gasteiger partial charge in [-0.3, -0.25) is 0 Å². The molecular weight excluding hydrogens is 246 g/mol. The second kappa shape index (κ2) is 8.13. The minimum Gasteiger partial charge on any atom is -0.365 e. The third kappa shape index (κ3) is 6.27. The van der Waals surface area contributed by atoms with Crippen LogP contribution in [0.3, 0.4) is 0 Å². The molecule has 0 bridgehead atoms. The molecule has 114 valence electrons. The van der Waals surface area contributed by atoms with Crippen LogP contribution in [-0.2, 0) is 0 Å². The van der Waals surface area contributed by atoms with E-state index in [0.29, 0.717) is 0 Å². The summed E-state index contributed by atoms with van der Waals surface area (Å²) in [6.07, 6.45) is 4.90. The summed E-state index contributed by atoms with van der Waals surface area (Å²) in [5, 5.41) is 3.45. The Hall–Kier alpha value is -1.25. The van der Waals surface area contributed by atoms with Gasteiger partial charge in [-0.1, -0.05) is 32.8 Å². The standard InChI is InChI=1S/C17H31N3/c1-6-8-13-20(14-9-7-2)16-12-10-11-15(18-16)19-17(3,4)5/h10-12H,6-9,13-14H2,1-5H3,(H,18,19). The minimum atomic E-state index is 0.0449. The monoisotopic (exact) mass is 277 g/mol. The third-order valence-corrected chi connectivity index (χ3v) is 3.12. The minimum absolute atomic E-state index is 0.0449. The van der Waals surface area contributed by atoms with Crippen LogP contribution in [0.5, 0.6) is 0 Å². The van der Waals surface area contributed by atoms with Crippen molar-refractivity contribution in [3.63, 3.8) is 0 Å². The van der Waals surface area contributed by atoms with Gasteiger partial charge in [-0.05, 0) is 45.7 Å². The van der Waals surface area contributed by atoms with Crippen LogP contribution in [0.2, 0.25) is 0 Å². The highest BCUT2D eigenvalue weighted by Gasteiger charge is 2.12. The Labute approximate surface area is 124 Å². The van der Waals surface area contributed by atoms with Gasteiger partial charge in [0.25, 0.3) is 0 Å². The van der Waals surface area contributed by atoms with Gasteiger partial charge in [0, 0.05) is 18.6 Å². The number of pyridine rings is 1. The predicted octanol–water partition coefficient (Wildman–Crippen LogP) is 4.70. The lowest BCUT2D eigenvalue weighted by atomic mass is 10.1. The highest BCUT2D eigenvalue weighted by Crippen LogP contribution is 2.18. The largest absolute Gasteiger partial charge is 0.365 e. The van der Waals surface area contributed by atoms with Crippen molar-refractivity contribution >= 4 is 11.6 Å². The lowest BCUT2D eigenvalue weighted by Crippen LogP contribution is -2.29. The Bertz CT molecular complexity index is 374. The molecule has 3 heteroatoms. The van der Waals surface area contributed by atoms with E-state index in [2.05, 4.69) is 57.0 Å². The van der Waals surface area contributed by atoms with Crippen LogP contribution >= 0.6 is 0 Å². The van der Waals surface area contributed by atoms with Crippen molar-refractivity contribution in [3.05, 3.63) is 18.2 Å². The van der Waals surface area contributed by atoms with E-state index < -0.39 is 0 Å². The summed E-state index contributed by atoms with van der Waals surface area (Å²) in [7, 11) is 0. The molecule has 1 rings (SSSR count). The van der Waals surface area contributed by atoms with Gasteiger partial charge in [-0.25, -0.2) is 4.98 Å². The van der Waals surface area contributed by atoms with Crippen LogP contribution in [0.25, 0.3) is 0 Å². The Balaban J connectivity index is 2.81. The summed E-state index contributed by atoms with van der Waals surface area (Å²) in [4.78, 5) is 7.20. The van der Waals surface area contributed by atoms with Crippen molar-refractivity contribution in [1.29, 1.82) is 0 Å². The van der Waals surface area contributed by atoms with Crippen LogP contribution in [0.15, 0.2) is 18.2 Å². The van der Waals surface area contributed by atoms with Gasteiger partial charge in [0.1, 0.15) is 11.6 Å². The Morgan fingerprint density at radius 2 is 1.65 bits per heavy atom. The van der Waals surface area contributed by atoms with Crippen molar-refractivity contribution < 1.29 is 0 Å². The topological polar surface area (TPSA) is 28.2 Å². The van der Waals surface area contributed by atoms with E-state index in [1.807, 2.05) is 6.07 Å². The van der Waals surface area contributed by atoms with E-state index in [-0.39, 0.29) is 5.54 Å². The maximum Gasteiger partial charge on any atom is 0.130 e. The number of hydrogen-bond donors (Lipinski definition) is 1. The van der Waals surface area contributed by atoms with Crippen molar-refractivity contribution in [3.8, 4) is 0 Å². The maximum atomic E-state index is 4.78. The molecule has 1 aromatic rings. The lowest BCUT2D eigenvalue weighted by Gasteiger charge is -2.26. The normalized spacial score (nSPS) is 11.4. The molecule has 3 nitrogen and oxygen atoms in total. The SMILES string of the molecule is CCCCN(CCCC)c1cccc(NC(C)(C)C)n1. The molecule has 0 unspecified atom stereocenters. The second-order valence-corrected chi connectivity index (χ2v) is 6.45. The van der Waals surface area contributed by atoms with Crippen LogP contribution in [0, 0.1) is 0 Å². The molecule has 0 saturated carbocycles. The molecule has 0 amide bonds. The van der Waals surface area contributed by atoms with Gasteiger partial charge in [-0.2, -0.15) is 0 Å². The van der Waals surface area contributed by atoms with Gasteiger partial charge in [0.2, 0.25) is 0 Å². The quantitative estimate of drug-likeness (QED) is 0.746. The summed E-state index contributed by atoms with van der Waals surface area (Å²) >= 11 is 0. The van der Waals surface area contributed by atoms with Gasteiger partial charge in [0.15, 0.2) is 0 Å². The van der Waals surface area contributed by atoms with E-state index in [1.165, 1.54) is 25.7 Å². The second-order valence-electron chi connectivity index (χ2n) is 6.45. The molecule has 20 heavy (non-hydrogen) atoms. The number of unbranched alkanes of at least 4 members (excludes halogenated alkanes) is 2. The van der Waals surface area contributed by atoms with Crippen molar-refractivity contribution in [2.45, 2.75) is 65.8 Å². The summed E-state index contributed by atoms with van der Waals surface area (Å²) in [5.41, 5.74) is 0.0449. The molecule has 0 atom stereocenters. The smallest absolute Gasteiger partial charge is 0.130 e. The average Bonchev–Trinajstić information content (AvgIpc) is 2.37. The Morgan fingerprint density at radius 1 is 1.05 bits per heavy atom. The molecule has 0 saturated heterocycles. The van der Waals surface area contributed by atoms with E-state index in [9.17, 15) is 0 Å². The number of rotatable bonds is 8. The van der Waals surface area contributed by atoms with E-state index in [1.54, 1.807) is 0 Å². The van der Waals surface area contributed by atoms with Crippen molar-refractivity contribution in [1.82, 2.24) is 4.98 Å². The van der Waals surface area contributed by atoms with E-state index in [4.69, 9.17) is 4.98 Å². The fourth-order valence-electron chi connectivity index (χ4n) is 2.09. The molecule has 1 heterocycles. The zero-order chi connectivity index (χ0) is 15.0. The maximum absolute atomic E-state index is 4.78. The first-order valence-corrected chi connectivity index (χ1v) is 7.96. The number of nitrogens with zero attached hydrogens (tertiary/aromatic N) is 2. The van der Waals surface area contributed by atoms with Crippen LogP contribution in [-0.4, -0.2) is 23.6 Å². The van der Waals surface area contributed by atoms with Gasteiger partial charge < -0.3 is 10.2 Å². The summed E-state index contributed by atoms with van der Waals surface area (Å²) < 4.78 is 0. The van der Waals surface area contributed by atoms with Gasteiger partial charge in [-0.15, -0.1) is 0 Å². The number of nitrogens with one attached hydrogen (secondary N) is 1. The fourth-order valence-corrected chi connectivity index (χ4v) is 2.09. The third-order valence-electron chi connectivity index (χ3n) is 3.12. The number of anilines is 2. The highest BCUT2D eigenvalue weighted by atomic mass is 15.2. The zero-order valence-electron chi connectivity index (χ0n) is 13.9. The van der Waals surface area contributed by atoms with E-state index in [0.717, 1.165) is 24.7 Å². The summed E-state index contributed by atoms with van der Waals surface area (Å²) in [6, 6.07) is 6.27. The average molecular weight is 277 g/mol. The van der Waals surface area contributed by atoms with Crippen LogP contribution in [0.1, 0.15) is 60.3 Å². The predicted molar refractivity (Wildman–Crippen MR) is 89.6 cm³/mol. The summed E-state index contributed by atoms with van der Waals surface area (Å²) in [6.45, 7) is 13.2. The lowest BCUT2D eigenvalue weighted by molar-refractivity contribution is 0.629. The first-order chi connectivity index (χ1) is 9.46. The Morgan fingerprint density at radius 3 is 2.15 bits per heavy atom. The van der Waals surface area contributed by atoms with Crippen LogP contribution in [0.4, 0.5) is 11.6 Å². The first-order valence-electron chi connectivity index (χ1n) is 7.96. The van der Waals surface area contributed by atoms with Gasteiger partial charge >= 0.3 is 0 Å². The zero-order valence-corrected chi connectivity index (χ0v) is 13.9. The van der Waals surface area contributed by atoms with Crippen LogP contribution < -0.4 is 10.2 Å². The van der Waals surface area contributed by atoms with Crippen molar-refractivity contribution in [2.75, 3.05) is 23.3 Å². The number of aromatic nitrogens is 1. The molecule has 0 spiro atoms. The molecule has 0 aliphatic heterocycles. The molecule has 1 N–H and O–H groups in total. The fraction of sp³-hybridized carbons (Fsp3) is 0.706. The molecular formula is C17H31N3. The molecule has 1 aromatic heterocycles. The number of hydrogen-bond acceptors (Lipinski definition) is 3. The van der Waals surface area contributed by atoms with Crippen molar-refractivity contribution in [2.24, 2.45) is 0 Å². The molecule has 0 aromatic carbocycles. The van der Waals surface area contributed by atoms with Gasteiger partial charge in [0.05, 0.1) is 0 Å². The molecule has 0 aliphatic rings. The molecule has 0 aliphatic carbocycles. The first kappa shape index (κ1) is 16.8.